The third kappa shape index (κ3) is 2.53. The van der Waals surface area contributed by atoms with Gasteiger partial charge in [-0.05, 0) is 11.8 Å². The largest absolute Gasteiger partial charge is 0.465 e. The number of hydrogen-bond acceptors (Lipinski definition) is 4. The summed E-state index contributed by atoms with van der Waals surface area (Å²) in [6.45, 7) is 4.90. The van der Waals surface area contributed by atoms with Crippen LogP contribution in [0.4, 0.5) is 4.79 Å². The van der Waals surface area contributed by atoms with Gasteiger partial charge >= 0.3 is 6.09 Å². The Bertz CT molecular complexity index is 301. The van der Waals surface area contributed by atoms with Gasteiger partial charge in [-0.15, -0.1) is 0 Å². The van der Waals surface area contributed by atoms with Crippen molar-refractivity contribution < 1.29 is 25.2 Å². The van der Waals surface area contributed by atoms with E-state index in [4.69, 9.17) is 10.2 Å². The van der Waals surface area contributed by atoms with Gasteiger partial charge < -0.3 is 25.3 Å². The first-order chi connectivity index (χ1) is 7.63. The molecule has 1 aliphatic heterocycles. The van der Waals surface area contributed by atoms with E-state index >= 15 is 0 Å². The fourth-order valence-electron chi connectivity index (χ4n) is 2.39. The van der Waals surface area contributed by atoms with Crippen molar-refractivity contribution in [1.29, 1.82) is 0 Å². The number of carbonyl (C=O) groups is 1. The molecule has 0 aliphatic carbocycles. The summed E-state index contributed by atoms with van der Waals surface area (Å²) in [6, 6.07) is -0.745. The first-order valence-corrected chi connectivity index (χ1v) is 5.64. The highest BCUT2D eigenvalue weighted by Crippen LogP contribution is 2.36. The molecule has 1 heterocycles. The SMILES string of the molecule is CC(C)(C)C1C(O)C(O)(CO)CCN1C(=O)O. The summed E-state index contributed by atoms with van der Waals surface area (Å²) in [6.07, 6.45) is -2.38. The first-order valence-electron chi connectivity index (χ1n) is 5.64. The smallest absolute Gasteiger partial charge is 0.407 e. The number of aliphatic hydroxyl groups is 3. The predicted molar refractivity (Wildman–Crippen MR) is 60.6 cm³/mol. The van der Waals surface area contributed by atoms with Crippen LogP contribution in [0.1, 0.15) is 27.2 Å². The maximum atomic E-state index is 11.1. The highest BCUT2D eigenvalue weighted by Gasteiger charge is 2.52. The third-order valence-electron chi connectivity index (χ3n) is 3.38. The summed E-state index contributed by atoms with van der Waals surface area (Å²) in [5.41, 5.74) is -2.15. The topological polar surface area (TPSA) is 101 Å². The molecule has 3 unspecified atom stereocenters. The number of piperidine rings is 1. The minimum atomic E-state index is -1.62. The third-order valence-corrected chi connectivity index (χ3v) is 3.38. The molecule has 4 N–H and O–H groups in total. The molecule has 17 heavy (non-hydrogen) atoms. The van der Waals surface area contributed by atoms with Crippen LogP contribution in [0, 0.1) is 5.41 Å². The monoisotopic (exact) mass is 247 g/mol. The van der Waals surface area contributed by atoms with E-state index in [9.17, 15) is 15.0 Å². The van der Waals surface area contributed by atoms with Gasteiger partial charge in [0.1, 0.15) is 11.7 Å². The van der Waals surface area contributed by atoms with Gasteiger partial charge in [0.2, 0.25) is 0 Å². The summed E-state index contributed by atoms with van der Waals surface area (Å²) in [5, 5.41) is 38.4. The number of aliphatic hydroxyl groups excluding tert-OH is 2. The lowest BCUT2D eigenvalue weighted by Crippen LogP contribution is -2.67. The van der Waals surface area contributed by atoms with Crippen molar-refractivity contribution in [2.75, 3.05) is 13.2 Å². The fourth-order valence-corrected chi connectivity index (χ4v) is 2.39. The molecule has 1 rings (SSSR count). The van der Waals surface area contributed by atoms with Crippen molar-refractivity contribution in [3.63, 3.8) is 0 Å². The van der Waals surface area contributed by atoms with Gasteiger partial charge in [0.15, 0.2) is 0 Å². The van der Waals surface area contributed by atoms with E-state index in [2.05, 4.69) is 0 Å². The number of carboxylic acid groups (broad SMARTS) is 1. The molecule has 3 atom stereocenters. The second-order valence-corrected chi connectivity index (χ2v) is 5.74. The lowest BCUT2D eigenvalue weighted by molar-refractivity contribution is -0.175. The van der Waals surface area contributed by atoms with Crippen molar-refractivity contribution in [1.82, 2.24) is 4.90 Å². The van der Waals surface area contributed by atoms with E-state index in [0.29, 0.717) is 0 Å². The highest BCUT2D eigenvalue weighted by atomic mass is 16.4. The van der Waals surface area contributed by atoms with Gasteiger partial charge in [-0.3, -0.25) is 0 Å². The van der Waals surface area contributed by atoms with Gasteiger partial charge in [-0.25, -0.2) is 4.79 Å². The van der Waals surface area contributed by atoms with Crippen LogP contribution >= 0.6 is 0 Å². The summed E-state index contributed by atoms with van der Waals surface area (Å²) < 4.78 is 0. The van der Waals surface area contributed by atoms with Crippen LogP contribution in [0.3, 0.4) is 0 Å². The lowest BCUT2D eigenvalue weighted by atomic mass is 9.73. The van der Waals surface area contributed by atoms with Crippen LogP contribution in [0.2, 0.25) is 0 Å². The van der Waals surface area contributed by atoms with Crippen molar-refractivity contribution in [3.8, 4) is 0 Å². The van der Waals surface area contributed by atoms with Crippen LogP contribution in [0.25, 0.3) is 0 Å². The van der Waals surface area contributed by atoms with E-state index in [1.54, 1.807) is 20.8 Å². The average molecular weight is 247 g/mol. The van der Waals surface area contributed by atoms with E-state index in [0.717, 1.165) is 4.90 Å². The standard InChI is InChI=1S/C11H21NO5/c1-10(2,3)7-8(14)11(17,6-13)4-5-12(7)9(15)16/h7-8,13-14,17H,4-6H2,1-3H3,(H,15,16). The number of likely N-dealkylation sites (tertiary alicyclic amines) is 1. The number of amides is 1. The molecule has 1 amide bonds. The zero-order valence-corrected chi connectivity index (χ0v) is 10.4. The van der Waals surface area contributed by atoms with Crippen molar-refractivity contribution in [2.24, 2.45) is 5.41 Å². The van der Waals surface area contributed by atoms with Crippen molar-refractivity contribution in [3.05, 3.63) is 0 Å². The van der Waals surface area contributed by atoms with Crippen molar-refractivity contribution >= 4 is 6.09 Å². The van der Waals surface area contributed by atoms with Gasteiger partial charge in [0.05, 0.1) is 12.6 Å². The Balaban J connectivity index is 3.08. The maximum Gasteiger partial charge on any atom is 0.407 e. The zero-order valence-electron chi connectivity index (χ0n) is 10.4. The normalized spacial score (nSPS) is 34.8. The molecule has 0 bridgehead atoms. The Morgan fingerprint density at radius 3 is 2.35 bits per heavy atom. The summed E-state index contributed by atoms with van der Waals surface area (Å²) in [7, 11) is 0. The Morgan fingerprint density at radius 2 is 2.00 bits per heavy atom. The first kappa shape index (κ1) is 14.2. The number of rotatable bonds is 1. The molecule has 0 aromatic carbocycles. The highest BCUT2D eigenvalue weighted by molar-refractivity contribution is 5.66. The van der Waals surface area contributed by atoms with Crippen LogP contribution in [0.15, 0.2) is 0 Å². The average Bonchev–Trinajstić information content (AvgIpc) is 2.19. The van der Waals surface area contributed by atoms with E-state index in [1.165, 1.54) is 0 Å². The molecule has 0 aromatic rings. The fraction of sp³-hybridized carbons (Fsp3) is 0.909. The minimum Gasteiger partial charge on any atom is -0.465 e. The van der Waals surface area contributed by atoms with E-state index < -0.39 is 35.9 Å². The Morgan fingerprint density at radius 1 is 1.47 bits per heavy atom. The second kappa shape index (κ2) is 4.44. The predicted octanol–water partition coefficient (Wildman–Crippen LogP) is -0.131. The van der Waals surface area contributed by atoms with Crippen LogP contribution < -0.4 is 0 Å². The van der Waals surface area contributed by atoms with Crippen molar-refractivity contribution in [2.45, 2.75) is 44.9 Å². The van der Waals surface area contributed by atoms with Gasteiger partial charge in [-0.1, -0.05) is 20.8 Å². The van der Waals surface area contributed by atoms with Gasteiger partial charge in [0, 0.05) is 6.54 Å². The maximum absolute atomic E-state index is 11.1. The van der Waals surface area contributed by atoms with E-state index in [1.807, 2.05) is 0 Å². The second-order valence-electron chi connectivity index (χ2n) is 5.74. The van der Waals surface area contributed by atoms with E-state index in [-0.39, 0.29) is 13.0 Å². The lowest BCUT2D eigenvalue weighted by Gasteiger charge is -2.50. The van der Waals surface area contributed by atoms with Gasteiger partial charge in [-0.2, -0.15) is 0 Å². The minimum absolute atomic E-state index is 0.0313. The molecule has 6 nitrogen and oxygen atoms in total. The molecule has 1 fully saturated rings. The molecular formula is C11H21NO5. The van der Waals surface area contributed by atoms with Crippen LogP contribution in [-0.4, -0.2) is 62.3 Å². The zero-order chi connectivity index (χ0) is 13.4. The molecule has 0 saturated carbocycles. The Labute approximate surface area is 100 Å². The molecule has 6 heteroatoms. The molecule has 0 radical (unpaired) electrons. The molecule has 1 aliphatic rings. The van der Waals surface area contributed by atoms with Crippen LogP contribution in [-0.2, 0) is 0 Å². The molecule has 100 valence electrons. The van der Waals surface area contributed by atoms with Crippen LogP contribution in [0.5, 0.6) is 0 Å². The van der Waals surface area contributed by atoms with Gasteiger partial charge in [0.25, 0.3) is 0 Å². The molecule has 0 spiro atoms. The summed E-state index contributed by atoms with van der Waals surface area (Å²) in [4.78, 5) is 12.3. The molecule has 1 saturated heterocycles. The number of nitrogens with zero attached hydrogens (tertiary/aromatic N) is 1. The molecule has 0 aromatic heterocycles. The summed E-state index contributed by atoms with van der Waals surface area (Å²) in [5.74, 6) is 0. The molecular weight excluding hydrogens is 226 g/mol. The summed E-state index contributed by atoms with van der Waals surface area (Å²) >= 11 is 0. The number of hydrogen-bond donors (Lipinski definition) is 4. The Hall–Kier alpha value is -0.850. The quantitative estimate of drug-likeness (QED) is 0.517. The Kier molecular flexibility index (Phi) is 3.71.